The molecule has 0 aliphatic carbocycles. The molecule has 0 spiro atoms. The van der Waals surface area contributed by atoms with Gasteiger partial charge >= 0.3 is 6.03 Å². The normalized spacial score (nSPS) is 18.9. The van der Waals surface area contributed by atoms with E-state index in [9.17, 15) is 9.90 Å². The first-order valence-electron chi connectivity index (χ1n) is 7.58. The molecular weight excluding hydrogens is 316 g/mol. The fraction of sp³-hybridized carbons (Fsp3) is 0.375. The average Bonchev–Trinajstić information content (AvgIpc) is 3.16. The lowest BCUT2D eigenvalue weighted by Crippen LogP contribution is -2.34. The number of rotatable bonds is 3. The third-order valence-electron chi connectivity index (χ3n) is 4.13. The Balaban J connectivity index is 1.66. The molecule has 2 amide bonds. The molecule has 2 aromatic rings. The van der Waals surface area contributed by atoms with E-state index in [2.05, 4.69) is 10.4 Å². The van der Waals surface area contributed by atoms with E-state index >= 15 is 0 Å². The van der Waals surface area contributed by atoms with Gasteiger partial charge in [0, 0.05) is 19.0 Å². The van der Waals surface area contributed by atoms with Crippen LogP contribution in [0, 0.1) is 5.92 Å². The lowest BCUT2D eigenvalue weighted by Gasteiger charge is -2.17. The predicted molar refractivity (Wildman–Crippen MR) is 89.0 cm³/mol. The molecule has 0 saturated carbocycles. The number of benzene rings is 1. The third kappa shape index (κ3) is 3.48. The zero-order chi connectivity index (χ0) is 16.4. The maximum absolute atomic E-state index is 12.3. The highest BCUT2D eigenvalue weighted by Crippen LogP contribution is 2.22. The molecule has 1 aliphatic rings. The van der Waals surface area contributed by atoms with Gasteiger partial charge in [-0.15, -0.1) is 0 Å². The Morgan fingerprint density at radius 3 is 2.96 bits per heavy atom. The Morgan fingerprint density at radius 2 is 2.26 bits per heavy atom. The molecule has 7 heteroatoms. The number of nitrogens with zero attached hydrogens (tertiary/aromatic N) is 3. The number of halogens is 1. The maximum Gasteiger partial charge on any atom is 0.321 e. The molecule has 1 aromatic carbocycles. The van der Waals surface area contributed by atoms with Crippen molar-refractivity contribution in [2.24, 2.45) is 5.92 Å². The van der Waals surface area contributed by atoms with Crippen LogP contribution in [0.5, 0.6) is 0 Å². The minimum Gasteiger partial charge on any atom is -0.393 e. The van der Waals surface area contributed by atoms with Crippen molar-refractivity contribution < 1.29 is 9.90 Å². The van der Waals surface area contributed by atoms with Crippen molar-refractivity contribution >= 4 is 23.3 Å². The van der Waals surface area contributed by atoms with Gasteiger partial charge in [-0.2, -0.15) is 5.10 Å². The highest BCUT2D eigenvalue weighted by Gasteiger charge is 2.29. The van der Waals surface area contributed by atoms with Gasteiger partial charge in [-0.1, -0.05) is 23.7 Å². The molecule has 0 radical (unpaired) electrons. The van der Waals surface area contributed by atoms with Crippen LogP contribution in [0.1, 0.15) is 13.3 Å². The van der Waals surface area contributed by atoms with E-state index in [-0.39, 0.29) is 11.9 Å². The number of carbonyl (C=O) groups excluding carboxylic acids is 1. The Hall–Kier alpha value is -2.05. The van der Waals surface area contributed by atoms with Crippen LogP contribution >= 0.6 is 11.6 Å². The van der Waals surface area contributed by atoms with E-state index in [1.165, 1.54) is 0 Å². The largest absolute Gasteiger partial charge is 0.393 e. The number of anilines is 1. The molecule has 1 aromatic heterocycles. The standard InChI is InChI=1S/C16H19ClN4O2/c1-11(22)12-6-7-20(9-12)16(23)19-13-8-18-21(10-13)15-5-3-2-4-14(15)17/h2-5,8,10-12,22H,6-7,9H2,1H3,(H,19,23)/t11-,12+/m0/s1. The number of para-hydroxylation sites is 1. The number of likely N-dealkylation sites (tertiary alicyclic amines) is 1. The lowest BCUT2D eigenvalue weighted by atomic mass is 10.0. The van der Waals surface area contributed by atoms with Crippen molar-refractivity contribution in [3.8, 4) is 5.69 Å². The SMILES string of the molecule is C[C@H](O)[C@@H]1CCN(C(=O)Nc2cnn(-c3ccccc3Cl)c2)C1. The number of nitrogens with one attached hydrogen (secondary N) is 1. The summed E-state index contributed by atoms with van der Waals surface area (Å²) in [6.45, 7) is 2.99. The van der Waals surface area contributed by atoms with Crippen molar-refractivity contribution in [3.05, 3.63) is 41.7 Å². The molecular formula is C16H19ClN4O2. The minimum absolute atomic E-state index is 0.145. The number of aromatic nitrogens is 2. The van der Waals surface area contributed by atoms with E-state index in [0.717, 1.165) is 12.1 Å². The van der Waals surface area contributed by atoms with Crippen LogP contribution in [-0.4, -0.2) is 45.0 Å². The molecule has 122 valence electrons. The Kier molecular flexibility index (Phi) is 4.54. The first kappa shape index (κ1) is 15.8. The van der Waals surface area contributed by atoms with Gasteiger partial charge in [0.2, 0.25) is 0 Å². The highest BCUT2D eigenvalue weighted by atomic mass is 35.5. The van der Waals surface area contributed by atoms with Gasteiger partial charge in [0.1, 0.15) is 0 Å². The second-order valence-electron chi connectivity index (χ2n) is 5.79. The first-order chi connectivity index (χ1) is 11.0. The lowest BCUT2D eigenvalue weighted by molar-refractivity contribution is 0.130. The number of aliphatic hydroxyl groups is 1. The predicted octanol–water partition coefficient (Wildman–Crippen LogP) is 2.76. The van der Waals surface area contributed by atoms with E-state index in [1.54, 1.807) is 35.0 Å². The molecule has 0 unspecified atom stereocenters. The van der Waals surface area contributed by atoms with Crippen LogP contribution in [0.15, 0.2) is 36.7 Å². The molecule has 1 fully saturated rings. The quantitative estimate of drug-likeness (QED) is 0.906. The molecule has 2 heterocycles. The molecule has 0 bridgehead atoms. The zero-order valence-corrected chi connectivity index (χ0v) is 13.6. The summed E-state index contributed by atoms with van der Waals surface area (Å²) >= 11 is 6.14. The Labute approximate surface area is 139 Å². The topological polar surface area (TPSA) is 70.4 Å². The van der Waals surface area contributed by atoms with Crippen molar-refractivity contribution in [1.82, 2.24) is 14.7 Å². The van der Waals surface area contributed by atoms with Crippen LogP contribution in [0.2, 0.25) is 5.02 Å². The highest BCUT2D eigenvalue weighted by molar-refractivity contribution is 6.32. The van der Waals surface area contributed by atoms with Crippen LogP contribution in [0.25, 0.3) is 5.69 Å². The van der Waals surface area contributed by atoms with Crippen molar-refractivity contribution in [3.63, 3.8) is 0 Å². The number of hydrogen-bond donors (Lipinski definition) is 2. The van der Waals surface area contributed by atoms with Gasteiger partial charge in [-0.05, 0) is 25.5 Å². The van der Waals surface area contributed by atoms with E-state index in [0.29, 0.717) is 23.8 Å². The Morgan fingerprint density at radius 1 is 1.48 bits per heavy atom. The van der Waals surface area contributed by atoms with Crippen LogP contribution in [-0.2, 0) is 0 Å². The van der Waals surface area contributed by atoms with Crippen molar-refractivity contribution in [1.29, 1.82) is 0 Å². The molecule has 1 saturated heterocycles. The summed E-state index contributed by atoms with van der Waals surface area (Å²) < 4.78 is 1.63. The molecule has 23 heavy (non-hydrogen) atoms. The smallest absolute Gasteiger partial charge is 0.321 e. The summed E-state index contributed by atoms with van der Waals surface area (Å²) in [4.78, 5) is 14.0. The second kappa shape index (κ2) is 6.60. The summed E-state index contributed by atoms with van der Waals surface area (Å²) in [5.41, 5.74) is 1.36. The summed E-state index contributed by atoms with van der Waals surface area (Å²) in [5, 5.41) is 17.3. The van der Waals surface area contributed by atoms with Gasteiger partial charge in [0.05, 0.1) is 34.9 Å². The second-order valence-corrected chi connectivity index (χ2v) is 6.20. The van der Waals surface area contributed by atoms with Gasteiger partial charge in [-0.3, -0.25) is 0 Å². The summed E-state index contributed by atoms with van der Waals surface area (Å²) in [6, 6.07) is 7.20. The van der Waals surface area contributed by atoms with E-state index in [4.69, 9.17) is 11.6 Å². The number of aliphatic hydroxyl groups excluding tert-OH is 1. The maximum atomic E-state index is 12.3. The van der Waals surface area contributed by atoms with Crippen molar-refractivity contribution in [2.45, 2.75) is 19.4 Å². The first-order valence-corrected chi connectivity index (χ1v) is 7.96. The van der Waals surface area contributed by atoms with Gasteiger partial charge in [-0.25, -0.2) is 9.48 Å². The summed E-state index contributed by atoms with van der Waals surface area (Å²) in [5.74, 6) is 0.145. The van der Waals surface area contributed by atoms with Crippen LogP contribution in [0.3, 0.4) is 0 Å². The molecule has 1 aliphatic heterocycles. The fourth-order valence-corrected chi connectivity index (χ4v) is 2.95. The number of urea groups is 1. The molecule has 2 N–H and O–H groups in total. The number of carbonyl (C=O) groups is 1. The van der Waals surface area contributed by atoms with E-state index in [1.807, 2.05) is 18.2 Å². The fourth-order valence-electron chi connectivity index (χ4n) is 2.72. The van der Waals surface area contributed by atoms with Crippen LogP contribution < -0.4 is 5.32 Å². The summed E-state index contributed by atoms with van der Waals surface area (Å²) in [6.07, 6.45) is 3.74. The monoisotopic (exact) mass is 334 g/mol. The van der Waals surface area contributed by atoms with Gasteiger partial charge in [0.25, 0.3) is 0 Å². The van der Waals surface area contributed by atoms with E-state index < -0.39 is 6.10 Å². The molecule has 6 nitrogen and oxygen atoms in total. The Bertz CT molecular complexity index is 701. The average molecular weight is 335 g/mol. The minimum atomic E-state index is -0.393. The summed E-state index contributed by atoms with van der Waals surface area (Å²) in [7, 11) is 0. The molecule has 3 rings (SSSR count). The zero-order valence-electron chi connectivity index (χ0n) is 12.8. The molecule has 2 atom stereocenters. The number of hydrogen-bond acceptors (Lipinski definition) is 3. The van der Waals surface area contributed by atoms with Crippen LogP contribution in [0.4, 0.5) is 10.5 Å². The van der Waals surface area contributed by atoms with Gasteiger partial charge < -0.3 is 15.3 Å². The van der Waals surface area contributed by atoms with Crippen molar-refractivity contribution in [2.75, 3.05) is 18.4 Å². The third-order valence-corrected chi connectivity index (χ3v) is 4.45. The number of amides is 2. The van der Waals surface area contributed by atoms with Gasteiger partial charge in [0.15, 0.2) is 0 Å².